The molecule has 1 aliphatic heterocycles. The van der Waals surface area contributed by atoms with Crippen LogP contribution < -0.4 is 0 Å². The van der Waals surface area contributed by atoms with E-state index in [4.69, 9.17) is 9.84 Å². The fraction of sp³-hybridized carbons (Fsp3) is 0.538. The minimum atomic E-state index is 0.0736. The van der Waals surface area contributed by atoms with E-state index in [1.807, 2.05) is 11.8 Å². The Bertz CT molecular complexity index is 330. The molecule has 0 amide bonds. The van der Waals surface area contributed by atoms with E-state index in [0.717, 1.165) is 25.4 Å². The third-order valence-corrected chi connectivity index (χ3v) is 4.02. The highest BCUT2D eigenvalue weighted by atomic mass is 32.2. The summed E-state index contributed by atoms with van der Waals surface area (Å²) in [4.78, 5) is 1.31. The number of rotatable bonds is 5. The summed E-state index contributed by atoms with van der Waals surface area (Å²) in [6.07, 6.45) is 0.799. The van der Waals surface area contributed by atoms with E-state index in [1.165, 1.54) is 10.5 Å². The van der Waals surface area contributed by atoms with Gasteiger partial charge in [0.1, 0.15) is 0 Å². The maximum Gasteiger partial charge on any atom is 0.0586 e. The van der Waals surface area contributed by atoms with Crippen molar-refractivity contribution in [2.45, 2.75) is 23.7 Å². The standard InChI is InChI=1S/C13H18O2S/c1-2-16-12-5-3-11(4-6-12)13(7-8-14)9-15-10-13/h3-6,14H,2,7-10H2,1H3. The number of hydrogen-bond acceptors (Lipinski definition) is 3. The lowest BCUT2D eigenvalue weighted by atomic mass is 9.76. The summed E-state index contributed by atoms with van der Waals surface area (Å²) in [5.41, 5.74) is 1.37. The van der Waals surface area contributed by atoms with Crippen molar-refractivity contribution in [3.05, 3.63) is 29.8 Å². The fourth-order valence-electron chi connectivity index (χ4n) is 2.09. The van der Waals surface area contributed by atoms with Crippen molar-refractivity contribution in [3.63, 3.8) is 0 Å². The fourth-order valence-corrected chi connectivity index (χ4v) is 2.75. The molecule has 0 aliphatic carbocycles. The van der Waals surface area contributed by atoms with Crippen molar-refractivity contribution in [2.24, 2.45) is 0 Å². The molecular weight excluding hydrogens is 220 g/mol. The van der Waals surface area contributed by atoms with Gasteiger partial charge in [0, 0.05) is 16.9 Å². The zero-order valence-electron chi connectivity index (χ0n) is 9.61. The van der Waals surface area contributed by atoms with Gasteiger partial charge in [-0.15, -0.1) is 11.8 Å². The molecule has 3 heteroatoms. The highest BCUT2D eigenvalue weighted by Crippen LogP contribution is 2.36. The molecule has 1 aliphatic rings. The van der Waals surface area contributed by atoms with Crippen molar-refractivity contribution >= 4 is 11.8 Å². The van der Waals surface area contributed by atoms with Gasteiger partial charge < -0.3 is 9.84 Å². The summed E-state index contributed by atoms with van der Waals surface area (Å²) < 4.78 is 5.31. The number of benzene rings is 1. The van der Waals surface area contributed by atoms with Crippen LogP contribution in [0.1, 0.15) is 18.9 Å². The van der Waals surface area contributed by atoms with Crippen molar-refractivity contribution < 1.29 is 9.84 Å². The average Bonchev–Trinajstić information content (AvgIpc) is 2.25. The third-order valence-electron chi connectivity index (χ3n) is 3.12. The minimum absolute atomic E-state index is 0.0736. The molecular formula is C13H18O2S. The van der Waals surface area contributed by atoms with Gasteiger partial charge in [0.25, 0.3) is 0 Å². The molecule has 0 radical (unpaired) electrons. The minimum Gasteiger partial charge on any atom is -0.396 e. The van der Waals surface area contributed by atoms with Gasteiger partial charge in [0.2, 0.25) is 0 Å². The largest absolute Gasteiger partial charge is 0.396 e. The highest BCUT2D eigenvalue weighted by Gasteiger charge is 2.39. The first-order valence-electron chi connectivity index (χ1n) is 5.73. The molecule has 0 saturated carbocycles. The Kier molecular flexibility index (Phi) is 3.90. The zero-order valence-corrected chi connectivity index (χ0v) is 10.4. The van der Waals surface area contributed by atoms with Crippen LogP contribution in [-0.2, 0) is 10.2 Å². The normalized spacial score (nSPS) is 18.1. The molecule has 88 valence electrons. The summed E-state index contributed by atoms with van der Waals surface area (Å²) in [7, 11) is 0. The van der Waals surface area contributed by atoms with Crippen LogP contribution in [0.15, 0.2) is 29.2 Å². The molecule has 1 aromatic carbocycles. The molecule has 2 nitrogen and oxygen atoms in total. The van der Waals surface area contributed by atoms with E-state index in [1.54, 1.807) is 0 Å². The molecule has 1 heterocycles. The first-order chi connectivity index (χ1) is 7.80. The monoisotopic (exact) mass is 238 g/mol. The van der Waals surface area contributed by atoms with Gasteiger partial charge in [0.15, 0.2) is 0 Å². The highest BCUT2D eigenvalue weighted by molar-refractivity contribution is 7.99. The molecule has 1 N–H and O–H groups in total. The molecule has 0 bridgehead atoms. The number of ether oxygens (including phenoxy) is 1. The van der Waals surface area contributed by atoms with Crippen molar-refractivity contribution in [2.75, 3.05) is 25.6 Å². The van der Waals surface area contributed by atoms with Crippen LogP contribution in [0.4, 0.5) is 0 Å². The van der Waals surface area contributed by atoms with Gasteiger partial charge in [-0.2, -0.15) is 0 Å². The Balaban J connectivity index is 2.13. The first kappa shape index (κ1) is 12.0. The predicted octanol–water partition coefficient (Wildman–Crippen LogP) is 2.45. The smallest absolute Gasteiger partial charge is 0.0586 e. The van der Waals surface area contributed by atoms with Crippen molar-refractivity contribution in [3.8, 4) is 0 Å². The van der Waals surface area contributed by atoms with Gasteiger partial charge >= 0.3 is 0 Å². The van der Waals surface area contributed by atoms with Gasteiger partial charge in [0.05, 0.1) is 13.2 Å². The second-order valence-electron chi connectivity index (χ2n) is 4.20. The maximum absolute atomic E-state index is 9.11. The van der Waals surface area contributed by atoms with Gasteiger partial charge in [-0.3, -0.25) is 0 Å². The number of hydrogen-bond donors (Lipinski definition) is 1. The number of thioether (sulfide) groups is 1. The Morgan fingerprint density at radius 3 is 2.44 bits per heavy atom. The SMILES string of the molecule is CCSc1ccc(C2(CCO)COC2)cc1. The van der Waals surface area contributed by atoms with E-state index >= 15 is 0 Å². The Hall–Kier alpha value is -0.510. The second kappa shape index (κ2) is 5.21. The van der Waals surface area contributed by atoms with Gasteiger partial charge in [-0.1, -0.05) is 19.1 Å². The average molecular weight is 238 g/mol. The second-order valence-corrected chi connectivity index (χ2v) is 5.54. The lowest BCUT2D eigenvalue weighted by molar-refractivity contribution is -0.0701. The van der Waals surface area contributed by atoms with E-state index in [2.05, 4.69) is 31.2 Å². The summed E-state index contributed by atoms with van der Waals surface area (Å²) in [5, 5.41) is 9.11. The summed E-state index contributed by atoms with van der Waals surface area (Å²) in [6.45, 7) is 3.88. The van der Waals surface area contributed by atoms with Crippen LogP contribution in [0.5, 0.6) is 0 Å². The summed E-state index contributed by atoms with van der Waals surface area (Å²) >= 11 is 1.85. The molecule has 16 heavy (non-hydrogen) atoms. The van der Waals surface area contributed by atoms with E-state index in [-0.39, 0.29) is 12.0 Å². The number of aliphatic hydroxyl groups is 1. The lowest BCUT2D eigenvalue weighted by Crippen LogP contribution is -2.47. The van der Waals surface area contributed by atoms with Crippen LogP contribution in [-0.4, -0.2) is 30.7 Å². The van der Waals surface area contributed by atoms with Crippen molar-refractivity contribution in [1.29, 1.82) is 0 Å². The molecule has 1 aromatic rings. The van der Waals surface area contributed by atoms with E-state index < -0.39 is 0 Å². The molecule has 1 fully saturated rings. The van der Waals surface area contributed by atoms with Crippen molar-refractivity contribution in [1.82, 2.24) is 0 Å². The predicted molar refractivity (Wildman–Crippen MR) is 67.0 cm³/mol. The summed E-state index contributed by atoms with van der Waals surface area (Å²) in [5.74, 6) is 1.10. The first-order valence-corrected chi connectivity index (χ1v) is 6.71. The maximum atomic E-state index is 9.11. The van der Waals surface area contributed by atoms with E-state index in [0.29, 0.717) is 0 Å². The van der Waals surface area contributed by atoms with Crippen LogP contribution in [0, 0.1) is 0 Å². The Morgan fingerprint density at radius 1 is 1.31 bits per heavy atom. The van der Waals surface area contributed by atoms with Crippen LogP contribution >= 0.6 is 11.8 Å². The van der Waals surface area contributed by atoms with Crippen LogP contribution in [0.2, 0.25) is 0 Å². The molecule has 0 unspecified atom stereocenters. The van der Waals surface area contributed by atoms with Gasteiger partial charge in [-0.05, 0) is 29.9 Å². The topological polar surface area (TPSA) is 29.5 Å². The van der Waals surface area contributed by atoms with Crippen LogP contribution in [0.25, 0.3) is 0 Å². The van der Waals surface area contributed by atoms with E-state index in [9.17, 15) is 0 Å². The Morgan fingerprint density at radius 2 is 2.00 bits per heavy atom. The third kappa shape index (κ3) is 2.26. The van der Waals surface area contributed by atoms with Crippen LogP contribution in [0.3, 0.4) is 0 Å². The molecule has 0 aromatic heterocycles. The molecule has 2 rings (SSSR count). The molecule has 1 saturated heterocycles. The lowest BCUT2D eigenvalue weighted by Gasteiger charge is -2.41. The van der Waals surface area contributed by atoms with Gasteiger partial charge in [-0.25, -0.2) is 0 Å². The summed E-state index contributed by atoms with van der Waals surface area (Å²) in [6, 6.07) is 8.69. The zero-order chi connectivity index (χ0) is 11.4. The Labute approximate surface area is 101 Å². The molecule has 0 atom stereocenters. The molecule has 0 spiro atoms. The quantitative estimate of drug-likeness (QED) is 0.799. The number of aliphatic hydroxyl groups excluding tert-OH is 1.